The average molecular weight is 374 g/mol. The predicted molar refractivity (Wildman–Crippen MR) is 114 cm³/mol. The summed E-state index contributed by atoms with van der Waals surface area (Å²) in [4.78, 5) is 14.9. The van der Waals surface area contributed by atoms with Crippen molar-refractivity contribution in [1.29, 1.82) is 0 Å². The third-order valence-electron chi connectivity index (χ3n) is 5.32. The number of amides is 1. The van der Waals surface area contributed by atoms with Gasteiger partial charge < -0.3 is 10.1 Å². The number of methoxy groups -OCH3 is 1. The minimum atomic E-state index is 0.0498. The van der Waals surface area contributed by atoms with Gasteiger partial charge in [0.2, 0.25) is 5.91 Å². The first-order valence-corrected chi connectivity index (χ1v) is 9.87. The molecule has 1 aliphatic carbocycles. The SMILES string of the molecule is COc1ccc(NC(=O)CCN(Cc2cccc3ccccc23)C2CC2)cc1. The van der Waals surface area contributed by atoms with Crippen molar-refractivity contribution in [2.75, 3.05) is 19.0 Å². The Morgan fingerprint density at radius 1 is 1.04 bits per heavy atom. The topological polar surface area (TPSA) is 41.6 Å². The molecule has 0 heterocycles. The van der Waals surface area contributed by atoms with Crippen LogP contribution in [0.3, 0.4) is 0 Å². The highest BCUT2D eigenvalue weighted by Crippen LogP contribution is 2.30. The quantitative estimate of drug-likeness (QED) is 0.613. The van der Waals surface area contributed by atoms with Gasteiger partial charge in [0.15, 0.2) is 0 Å². The summed E-state index contributed by atoms with van der Waals surface area (Å²) >= 11 is 0. The third kappa shape index (κ3) is 4.52. The molecule has 0 saturated heterocycles. The van der Waals surface area contributed by atoms with Gasteiger partial charge in [0.05, 0.1) is 7.11 Å². The van der Waals surface area contributed by atoms with E-state index in [1.165, 1.54) is 29.2 Å². The van der Waals surface area contributed by atoms with Crippen LogP contribution in [0, 0.1) is 0 Å². The van der Waals surface area contributed by atoms with E-state index in [0.29, 0.717) is 12.5 Å². The Morgan fingerprint density at radius 2 is 1.79 bits per heavy atom. The summed E-state index contributed by atoms with van der Waals surface area (Å²) < 4.78 is 5.15. The van der Waals surface area contributed by atoms with E-state index in [1.54, 1.807) is 7.11 Å². The Hall–Kier alpha value is -2.85. The number of benzene rings is 3. The number of nitrogens with zero attached hydrogens (tertiary/aromatic N) is 1. The van der Waals surface area contributed by atoms with Crippen molar-refractivity contribution in [3.8, 4) is 5.75 Å². The number of carbonyl (C=O) groups excluding carboxylic acids is 1. The number of ether oxygens (including phenoxy) is 1. The molecule has 1 fully saturated rings. The van der Waals surface area contributed by atoms with Crippen LogP contribution in [0.1, 0.15) is 24.8 Å². The minimum absolute atomic E-state index is 0.0498. The molecule has 28 heavy (non-hydrogen) atoms. The van der Waals surface area contributed by atoms with Crippen LogP contribution in [0.2, 0.25) is 0 Å². The zero-order valence-electron chi connectivity index (χ0n) is 16.2. The Kier molecular flexibility index (Phi) is 5.58. The molecule has 1 N–H and O–H groups in total. The number of hydrogen-bond acceptors (Lipinski definition) is 3. The molecule has 1 amide bonds. The molecule has 0 unspecified atom stereocenters. The Morgan fingerprint density at radius 3 is 2.54 bits per heavy atom. The van der Waals surface area contributed by atoms with E-state index in [2.05, 4.69) is 52.7 Å². The highest BCUT2D eigenvalue weighted by molar-refractivity contribution is 5.91. The molecular weight excluding hydrogens is 348 g/mol. The van der Waals surface area contributed by atoms with Crippen LogP contribution >= 0.6 is 0 Å². The van der Waals surface area contributed by atoms with E-state index >= 15 is 0 Å². The van der Waals surface area contributed by atoms with Crippen molar-refractivity contribution in [1.82, 2.24) is 4.90 Å². The maximum Gasteiger partial charge on any atom is 0.225 e. The molecule has 144 valence electrons. The fraction of sp³-hybridized carbons (Fsp3) is 0.292. The van der Waals surface area contributed by atoms with Crippen LogP contribution in [0.15, 0.2) is 66.7 Å². The van der Waals surface area contributed by atoms with Gasteiger partial charge in [-0.1, -0.05) is 42.5 Å². The average Bonchev–Trinajstić information content (AvgIpc) is 3.57. The molecule has 0 bridgehead atoms. The minimum Gasteiger partial charge on any atom is -0.497 e. The van der Waals surface area contributed by atoms with Gasteiger partial charge in [-0.05, 0) is 53.4 Å². The van der Waals surface area contributed by atoms with Crippen molar-refractivity contribution in [3.63, 3.8) is 0 Å². The van der Waals surface area contributed by atoms with E-state index in [0.717, 1.165) is 24.5 Å². The Balaban J connectivity index is 1.38. The largest absolute Gasteiger partial charge is 0.497 e. The fourth-order valence-corrected chi connectivity index (χ4v) is 3.62. The Labute approximate surface area is 166 Å². The molecular formula is C24H26N2O2. The van der Waals surface area contributed by atoms with Gasteiger partial charge in [-0.25, -0.2) is 0 Å². The lowest BCUT2D eigenvalue weighted by molar-refractivity contribution is -0.116. The van der Waals surface area contributed by atoms with Crippen LogP contribution in [0.25, 0.3) is 10.8 Å². The summed E-state index contributed by atoms with van der Waals surface area (Å²) in [6.45, 7) is 1.66. The normalized spacial score (nSPS) is 13.6. The first kappa shape index (κ1) is 18.5. The zero-order valence-corrected chi connectivity index (χ0v) is 16.2. The Bertz CT molecular complexity index is 943. The molecule has 0 spiro atoms. The standard InChI is InChI=1S/C24H26N2O2/c1-28-22-13-9-20(10-14-22)25-24(27)15-16-26(21-11-12-21)17-19-7-4-6-18-5-2-3-8-23(18)19/h2-10,13-14,21H,11-12,15-17H2,1H3,(H,25,27). The number of nitrogens with one attached hydrogen (secondary N) is 1. The second-order valence-corrected chi connectivity index (χ2v) is 7.37. The zero-order chi connectivity index (χ0) is 19.3. The lowest BCUT2D eigenvalue weighted by Gasteiger charge is -2.22. The molecule has 0 aliphatic heterocycles. The van der Waals surface area contributed by atoms with Crippen molar-refractivity contribution in [2.24, 2.45) is 0 Å². The number of anilines is 1. The molecule has 3 aromatic rings. The number of carbonyl (C=O) groups is 1. The van der Waals surface area contributed by atoms with E-state index in [4.69, 9.17) is 4.74 Å². The lowest BCUT2D eigenvalue weighted by atomic mass is 10.0. The predicted octanol–water partition coefficient (Wildman–Crippen LogP) is 4.84. The van der Waals surface area contributed by atoms with Crippen LogP contribution in [-0.4, -0.2) is 30.5 Å². The van der Waals surface area contributed by atoms with Gasteiger partial charge in [-0.15, -0.1) is 0 Å². The van der Waals surface area contributed by atoms with Crippen molar-refractivity contribution in [2.45, 2.75) is 31.8 Å². The van der Waals surface area contributed by atoms with Gasteiger partial charge >= 0.3 is 0 Å². The van der Waals surface area contributed by atoms with Gasteiger partial charge in [-0.2, -0.15) is 0 Å². The van der Waals surface area contributed by atoms with E-state index in [9.17, 15) is 4.79 Å². The summed E-state index contributed by atoms with van der Waals surface area (Å²) in [7, 11) is 1.63. The monoisotopic (exact) mass is 374 g/mol. The second kappa shape index (κ2) is 8.44. The first-order valence-electron chi connectivity index (χ1n) is 9.87. The summed E-state index contributed by atoms with van der Waals surface area (Å²) in [5.74, 6) is 0.835. The molecule has 4 heteroatoms. The molecule has 3 aromatic carbocycles. The van der Waals surface area contributed by atoms with Crippen LogP contribution < -0.4 is 10.1 Å². The van der Waals surface area contributed by atoms with E-state index < -0.39 is 0 Å². The lowest BCUT2D eigenvalue weighted by Crippen LogP contribution is -2.29. The maximum atomic E-state index is 12.4. The highest BCUT2D eigenvalue weighted by Gasteiger charge is 2.29. The molecule has 4 rings (SSSR count). The first-order chi connectivity index (χ1) is 13.7. The maximum absolute atomic E-state index is 12.4. The van der Waals surface area contributed by atoms with Crippen molar-refractivity contribution >= 4 is 22.4 Å². The third-order valence-corrected chi connectivity index (χ3v) is 5.32. The van der Waals surface area contributed by atoms with Crippen molar-refractivity contribution < 1.29 is 9.53 Å². The van der Waals surface area contributed by atoms with E-state index in [-0.39, 0.29) is 5.91 Å². The van der Waals surface area contributed by atoms with Crippen molar-refractivity contribution in [3.05, 3.63) is 72.3 Å². The summed E-state index contributed by atoms with van der Waals surface area (Å²) in [6.07, 6.45) is 2.95. The van der Waals surface area contributed by atoms with Gasteiger partial charge in [-0.3, -0.25) is 9.69 Å². The van der Waals surface area contributed by atoms with Crippen LogP contribution in [0.5, 0.6) is 5.75 Å². The summed E-state index contributed by atoms with van der Waals surface area (Å²) in [5.41, 5.74) is 2.14. The molecule has 0 aromatic heterocycles. The number of hydrogen-bond donors (Lipinski definition) is 1. The van der Waals surface area contributed by atoms with Crippen LogP contribution in [0.4, 0.5) is 5.69 Å². The van der Waals surface area contributed by atoms with Gasteiger partial charge in [0, 0.05) is 31.2 Å². The van der Waals surface area contributed by atoms with Gasteiger partial charge in [0.1, 0.15) is 5.75 Å². The molecule has 0 atom stereocenters. The molecule has 1 aliphatic rings. The highest BCUT2D eigenvalue weighted by atomic mass is 16.5. The molecule has 4 nitrogen and oxygen atoms in total. The van der Waals surface area contributed by atoms with Crippen LogP contribution in [-0.2, 0) is 11.3 Å². The molecule has 1 saturated carbocycles. The molecule has 0 radical (unpaired) electrons. The summed E-state index contributed by atoms with van der Waals surface area (Å²) in [6, 6.07) is 23.0. The smallest absolute Gasteiger partial charge is 0.225 e. The second-order valence-electron chi connectivity index (χ2n) is 7.37. The fourth-order valence-electron chi connectivity index (χ4n) is 3.62. The summed E-state index contributed by atoms with van der Waals surface area (Å²) in [5, 5.41) is 5.56. The number of rotatable bonds is 8. The van der Waals surface area contributed by atoms with E-state index in [1.807, 2.05) is 24.3 Å². The van der Waals surface area contributed by atoms with Gasteiger partial charge in [0.25, 0.3) is 0 Å². The number of fused-ring (bicyclic) bond motifs is 1.